The van der Waals surface area contributed by atoms with Gasteiger partial charge in [-0.3, -0.25) is 10.1 Å². The third-order valence-corrected chi connectivity index (χ3v) is 6.12. The standard InChI is InChI=1S/C22H21N3O3S/c1-3-28-14-24-22-18(13-23)19(16-11-9-15(2)10-12-16)20(25(26)27)21(29-22)17-7-5-4-6-8-17/h4-12,14,19-21H,3H2,1-2H3/t19-,20+,21+/m0/s1. The Balaban J connectivity index is 2.19. The zero-order valence-corrected chi connectivity index (χ0v) is 17.0. The fraction of sp³-hybridized carbons (Fsp3) is 0.273. The molecule has 7 heteroatoms. The van der Waals surface area contributed by atoms with Gasteiger partial charge in [0.15, 0.2) is 6.40 Å². The second kappa shape index (κ2) is 9.39. The largest absolute Gasteiger partial charge is 0.483 e. The maximum absolute atomic E-state index is 12.2. The van der Waals surface area contributed by atoms with E-state index in [1.807, 2.05) is 68.4 Å². The van der Waals surface area contributed by atoms with Crippen LogP contribution < -0.4 is 0 Å². The van der Waals surface area contributed by atoms with Crippen LogP contribution in [0.5, 0.6) is 0 Å². The molecule has 3 rings (SSSR count). The number of benzene rings is 2. The normalized spacial score (nSPS) is 21.8. The highest BCUT2D eigenvalue weighted by Gasteiger charge is 2.48. The number of hydrogen-bond acceptors (Lipinski definition) is 6. The Kier molecular flexibility index (Phi) is 6.68. The molecule has 2 aromatic rings. The lowest BCUT2D eigenvalue weighted by atomic mass is 9.82. The number of hydrogen-bond donors (Lipinski definition) is 0. The minimum Gasteiger partial charge on any atom is -0.483 e. The van der Waals surface area contributed by atoms with Crippen LogP contribution in [0.4, 0.5) is 0 Å². The van der Waals surface area contributed by atoms with Crippen LogP contribution in [0.3, 0.4) is 0 Å². The highest BCUT2D eigenvalue weighted by atomic mass is 32.2. The maximum atomic E-state index is 12.2. The predicted molar refractivity (Wildman–Crippen MR) is 114 cm³/mol. The summed E-state index contributed by atoms with van der Waals surface area (Å²) in [6.45, 7) is 4.24. The molecule has 0 N–H and O–H groups in total. The molecule has 0 saturated carbocycles. The zero-order chi connectivity index (χ0) is 20.8. The molecule has 148 valence electrons. The van der Waals surface area contributed by atoms with E-state index >= 15 is 0 Å². The Bertz CT molecular complexity index is 965. The fourth-order valence-corrected chi connectivity index (χ4v) is 4.72. The van der Waals surface area contributed by atoms with Crippen LogP contribution in [0.2, 0.25) is 0 Å². The molecule has 1 heterocycles. The summed E-state index contributed by atoms with van der Waals surface area (Å²) in [7, 11) is 0. The van der Waals surface area contributed by atoms with Crippen LogP contribution in [0, 0.1) is 28.4 Å². The molecule has 1 aliphatic rings. The van der Waals surface area contributed by atoms with Crippen molar-refractivity contribution in [1.82, 2.24) is 0 Å². The van der Waals surface area contributed by atoms with Gasteiger partial charge in [0.25, 0.3) is 0 Å². The van der Waals surface area contributed by atoms with Gasteiger partial charge in [0.2, 0.25) is 6.04 Å². The number of nitro groups is 1. The number of aliphatic imine (C=N–C) groups is 1. The molecule has 0 aromatic heterocycles. The highest BCUT2D eigenvalue weighted by Crippen LogP contribution is 2.52. The lowest BCUT2D eigenvalue weighted by Gasteiger charge is -2.32. The molecule has 2 aromatic carbocycles. The predicted octanol–water partition coefficient (Wildman–Crippen LogP) is 5.01. The van der Waals surface area contributed by atoms with Crippen LogP contribution in [-0.2, 0) is 4.74 Å². The van der Waals surface area contributed by atoms with E-state index in [0.29, 0.717) is 17.2 Å². The fourth-order valence-electron chi connectivity index (χ4n) is 3.39. The van der Waals surface area contributed by atoms with E-state index in [4.69, 9.17) is 4.74 Å². The molecule has 1 aliphatic heterocycles. The highest BCUT2D eigenvalue weighted by molar-refractivity contribution is 8.03. The molecule has 0 bridgehead atoms. The van der Waals surface area contributed by atoms with Crippen molar-refractivity contribution in [2.24, 2.45) is 4.99 Å². The van der Waals surface area contributed by atoms with Crippen molar-refractivity contribution >= 4 is 18.2 Å². The minimum absolute atomic E-state index is 0.268. The van der Waals surface area contributed by atoms with Crippen molar-refractivity contribution in [3.63, 3.8) is 0 Å². The first-order chi connectivity index (χ1) is 14.1. The van der Waals surface area contributed by atoms with Crippen molar-refractivity contribution in [1.29, 1.82) is 5.26 Å². The lowest BCUT2D eigenvalue weighted by Crippen LogP contribution is -2.36. The van der Waals surface area contributed by atoms with Gasteiger partial charge in [-0.15, -0.1) is 0 Å². The van der Waals surface area contributed by atoms with Gasteiger partial charge in [0.05, 0.1) is 24.2 Å². The van der Waals surface area contributed by atoms with Gasteiger partial charge >= 0.3 is 0 Å². The zero-order valence-electron chi connectivity index (χ0n) is 16.2. The average Bonchev–Trinajstić information content (AvgIpc) is 2.74. The number of aryl methyl sites for hydroxylation is 1. The summed E-state index contributed by atoms with van der Waals surface area (Å²) in [5.41, 5.74) is 2.91. The van der Waals surface area contributed by atoms with Crippen LogP contribution >= 0.6 is 11.8 Å². The Hall–Kier alpha value is -3.11. The van der Waals surface area contributed by atoms with Gasteiger partial charge in [-0.2, -0.15) is 5.26 Å². The second-order valence-electron chi connectivity index (χ2n) is 6.63. The van der Waals surface area contributed by atoms with Gasteiger partial charge in [-0.1, -0.05) is 71.9 Å². The van der Waals surface area contributed by atoms with Crippen LogP contribution in [0.15, 0.2) is 70.2 Å². The molecule has 0 amide bonds. The van der Waals surface area contributed by atoms with Crippen LogP contribution in [-0.4, -0.2) is 24.0 Å². The Morgan fingerprint density at radius 3 is 2.48 bits per heavy atom. The van der Waals surface area contributed by atoms with E-state index in [0.717, 1.165) is 16.7 Å². The van der Waals surface area contributed by atoms with Gasteiger partial charge in [0.1, 0.15) is 10.3 Å². The molecule has 0 saturated heterocycles. The van der Waals surface area contributed by atoms with Crippen molar-refractivity contribution in [3.8, 4) is 6.07 Å². The van der Waals surface area contributed by atoms with E-state index in [1.165, 1.54) is 18.2 Å². The summed E-state index contributed by atoms with van der Waals surface area (Å²) in [5.74, 6) is -0.698. The van der Waals surface area contributed by atoms with E-state index in [-0.39, 0.29) is 4.92 Å². The van der Waals surface area contributed by atoms with E-state index in [1.54, 1.807) is 0 Å². The van der Waals surface area contributed by atoms with Crippen molar-refractivity contribution in [3.05, 3.63) is 92.0 Å². The molecule has 0 fully saturated rings. The first-order valence-corrected chi connectivity index (χ1v) is 10.1. The van der Waals surface area contributed by atoms with Crippen molar-refractivity contribution in [2.45, 2.75) is 31.1 Å². The van der Waals surface area contributed by atoms with Crippen molar-refractivity contribution < 1.29 is 9.66 Å². The molecular formula is C22H21N3O3S. The van der Waals surface area contributed by atoms with Crippen molar-refractivity contribution in [2.75, 3.05) is 6.61 Å². The molecule has 0 spiro atoms. The smallest absolute Gasteiger partial charge is 0.240 e. The van der Waals surface area contributed by atoms with E-state index < -0.39 is 17.2 Å². The van der Waals surface area contributed by atoms with Crippen LogP contribution in [0.1, 0.15) is 34.8 Å². The summed E-state index contributed by atoms with van der Waals surface area (Å²) in [4.78, 5) is 16.3. The molecule has 29 heavy (non-hydrogen) atoms. The second-order valence-corrected chi connectivity index (χ2v) is 7.76. The minimum atomic E-state index is -0.995. The molecule has 0 aliphatic carbocycles. The number of nitrogens with zero attached hydrogens (tertiary/aromatic N) is 3. The summed E-state index contributed by atoms with van der Waals surface area (Å²) in [6, 6.07) is 18.1. The summed E-state index contributed by atoms with van der Waals surface area (Å²) >= 11 is 1.24. The SMILES string of the molecule is CCOC=NC1=C(C#N)[C@H](c2ccc(C)cc2)[C@@H]([N+](=O)[O-])[C@@H](c2ccccc2)S1. The van der Waals surface area contributed by atoms with Crippen LogP contribution in [0.25, 0.3) is 0 Å². The van der Waals surface area contributed by atoms with E-state index in [2.05, 4.69) is 11.1 Å². The monoisotopic (exact) mass is 407 g/mol. The van der Waals surface area contributed by atoms with Gasteiger partial charge < -0.3 is 4.74 Å². The Morgan fingerprint density at radius 2 is 1.90 bits per heavy atom. The first-order valence-electron chi connectivity index (χ1n) is 9.26. The average molecular weight is 407 g/mol. The quantitative estimate of drug-likeness (QED) is 0.291. The molecule has 3 atom stereocenters. The van der Waals surface area contributed by atoms with E-state index in [9.17, 15) is 15.4 Å². The Labute approximate surface area is 174 Å². The number of rotatable bonds is 6. The molecule has 0 radical (unpaired) electrons. The summed E-state index contributed by atoms with van der Waals surface area (Å²) in [6.07, 6.45) is 1.31. The van der Waals surface area contributed by atoms with Gasteiger partial charge in [-0.25, -0.2) is 4.99 Å². The molecule has 0 unspecified atom stereocenters. The number of thioether (sulfide) groups is 1. The third-order valence-electron chi connectivity index (χ3n) is 4.77. The third kappa shape index (κ3) is 4.49. The van der Waals surface area contributed by atoms with Gasteiger partial charge in [-0.05, 0) is 25.0 Å². The number of nitriles is 1. The first kappa shape index (κ1) is 20.6. The summed E-state index contributed by atoms with van der Waals surface area (Å²) < 4.78 is 5.22. The Morgan fingerprint density at radius 1 is 1.21 bits per heavy atom. The molecule has 6 nitrogen and oxygen atoms in total. The summed E-state index contributed by atoms with van der Waals surface area (Å²) in [5, 5.41) is 22.1. The van der Waals surface area contributed by atoms with Gasteiger partial charge in [0, 0.05) is 4.92 Å². The maximum Gasteiger partial charge on any atom is 0.240 e. The lowest BCUT2D eigenvalue weighted by molar-refractivity contribution is -0.525. The molecular weight excluding hydrogens is 386 g/mol. The topological polar surface area (TPSA) is 88.5 Å². The number of ether oxygens (including phenoxy) is 1.